The molecule has 0 aliphatic rings. The van der Waals surface area contributed by atoms with Gasteiger partial charge in [0.2, 0.25) is 0 Å². The summed E-state index contributed by atoms with van der Waals surface area (Å²) in [6, 6.07) is 11.5. The molecule has 0 unspecified atom stereocenters. The molecule has 3 N–H and O–H groups in total. The third kappa shape index (κ3) is 3.24. The molecule has 0 heterocycles. The van der Waals surface area contributed by atoms with Gasteiger partial charge in [-0.3, -0.25) is 4.79 Å². The van der Waals surface area contributed by atoms with Crippen LogP contribution in [0.4, 0.5) is 11.4 Å². The standard InChI is InChI=1S/C18H22N2O/c1-11(2)14-7-5-6-13(4)17(14)20-18(21)15-9-8-12(3)10-16(15)19/h5-11H,19H2,1-4H3,(H,20,21). The molecule has 0 aromatic heterocycles. The largest absolute Gasteiger partial charge is 0.398 e. The fourth-order valence-electron chi connectivity index (χ4n) is 2.41. The van der Waals surface area contributed by atoms with Gasteiger partial charge in [-0.2, -0.15) is 0 Å². The van der Waals surface area contributed by atoms with Crippen LogP contribution in [0.15, 0.2) is 36.4 Å². The highest BCUT2D eigenvalue weighted by atomic mass is 16.1. The fraction of sp³-hybridized carbons (Fsp3) is 0.278. The minimum Gasteiger partial charge on any atom is -0.398 e. The molecule has 0 fully saturated rings. The van der Waals surface area contributed by atoms with E-state index in [-0.39, 0.29) is 5.91 Å². The summed E-state index contributed by atoms with van der Waals surface area (Å²) in [5, 5.41) is 3.02. The molecular weight excluding hydrogens is 260 g/mol. The van der Waals surface area contributed by atoms with Crippen molar-refractivity contribution >= 4 is 17.3 Å². The number of aryl methyl sites for hydroxylation is 2. The first-order valence-corrected chi connectivity index (χ1v) is 7.17. The third-order valence-electron chi connectivity index (χ3n) is 3.62. The van der Waals surface area contributed by atoms with E-state index >= 15 is 0 Å². The van der Waals surface area contributed by atoms with E-state index in [1.807, 2.05) is 44.2 Å². The van der Waals surface area contributed by atoms with Gasteiger partial charge in [-0.25, -0.2) is 0 Å². The number of para-hydroxylation sites is 1. The average Bonchev–Trinajstić information content (AvgIpc) is 2.40. The molecule has 0 bridgehead atoms. The van der Waals surface area contributed by atoms with Crippen molar-refractivity contribution in [3.8, 4) is 0 Å². The Morgan fingerprint density at radius 2 is 1.86 bits per heavy atom. The number of benzene rings is 2. The highest BCUT2D eigenvalue weighted by molar-refractivity contribution is 6.08. The number of amides is 1. The van der Waals surface area contributed by atoms with E-state index in [0.717, 1.165) is 22.4 Å². The summed E-state index contributed by atoms with van der Waals surface area (Å²) in [7, 11) is 0. The Kier molecular flexibility index (Phi) is 4.32. The zero-order valence-corrected chi connectivity index (χ0v) is 13.0. The Bertz CT molecular complexity index is 675. The highest BCUT2D eigenvalue weighted by Crippen LogP contribution is 2.28. The van der Waals surface area contributed by atoms with Crippen molar-refractivity contribution in [1.29, 1.82) is 0 Å². The Balaban J connectivity index is 2.36. The normalized spacial score (nSPS) is 10.7. The van der Waals surface area contributed by atoms with Gasteiger partial charge in [0, 0.05) is 11.4 Å². The maximum absolute atomic E-state index is 12.5. The van der Waals surface area contributed by atoms with Crippen molar-refractivity contribution in [3.05, 3.63) is 58.7 Å². The lowest BCUT2D eigenvalue weighted by Gasteiger charge is -2.17. The fourth-order valence-corrected chi connectivity index (χ4v) is 2.41. The smallest absolute Gasteiger partial charge is 0.257 e. The summed E-state index contributed by atoms with van der Waals surface area (Å²) in [6.07, 6.45) is 0. The van der Waals surface area contributed by atoms with Crippen LogP contribution in [0, 0.1) is 13.8 Å². The summed E-state index contributed by atoms with van der Waals surface area (Å²) in [6.45, 7) is 8.19. The topological polar surface area (TPSA) is 55.1 Å². The van der Waals surface area contributed by atoms with Crippen LogP contribution in [0.3, 0.4) is 0 Å². The Hall–Kier alpha value is -2.29. The number of nitrogens with one attached hydrogen (secondary N) is 1. The molecule has 3 heteroatoms. The average molecular weight is 282 g/mol. The van der Waals surface area contributed by atoms with E-state index in [1.54, 1.807) is 6.07 Å². The molecule has 0 spiro atoms. The number of hydrogen-bond acceptors (Lipinski definition) is 2. The van der Waals surface area contributed by atoms with Gasteiger partial charge < -0.3 is 11.1 Å². The van der Waals surface area contributed by atoms with Gasteiger partial charge in [0.15, 0.2) is 0 Å². The maximum Gasteiger partial charge on any atom is 0.257 e. The number of rotatable bonds is 3. The van der Waals surface area contributed by atoms with Crippen molar-refractivity contribution < 1.29 is 4.79 Å². The van der Waals surface area contributed by atoms with Crippen molar-refractivity contribution in [2.75, 3.05) is 11.1 Å². The predicted octanol–water partition coefficient (Wildman–Crippen LogP) is 4.26. The van der Waals surface area contributed by atoms with E-state index in [9.17, 15) is 4.79 Å². The number of carbonyl (C=O) groups excluding carboxylic acids is 1. The molecule has 2 aromatic rings. The van der Waals surface area contributed by atoms with Gasteiger partial charge in [0.05, 0.1) is 5.56 Å². The maximum atomic E-state index is 12.5. The van der Waals surface area contributed by atoms with Crippen molar-refractivity contribution in [3.63, 3.8) is 0 Å². The van der Waals surface area contributed by atoms with Crippen molar-refractivity contribution in [1.82, 2.24) is 0 Å². The lowest BCUT2D eigenvalue weighted by atomic mass is 9.98. The van der Waals surface area contributed by atoms with Crippen LogP contribution in [0.5, 0.6) is 0 Å². The van der Waals surface area contributed by atoms with Crippen LogP contribution in [-0.4, -0.2) is 5.91 Å². The minimum absolute atomic E-state index is 0.163. The first-order valence-electron chi connectivity index (χ1n) is 7.17. The molecule has 0 saturated heterocycles. The molecule has 2 rings (SSSR count). The van der Waals surface area contributed by atoms with Crippen LogP contribution in [0.25, 0.3) is 0 Å². The van der Waals surface area contributed by atoms with Gasteiger partial charge >= 0.3 is 0 Å². The summed E-state index contributed by atoms with van der Waals surface area (Å²) in [4.78, 5) is 12.5. The first kappa shape index (κ1) is 15.1. The van der Waals surface area contributed by atoms with Crippen LogP contribution in [0.1, 0.15) is 46.8 Å². The van der Waals surface area contributed by atoms with E-state index in [2.05, 4.69) is 19.2 Å². The number of nitrogens with two attached hydrogens (primary N) is 1. The molecule has 2 aromatic carbocycles. The summed E-state index contributed by atoms with van der Waals surface area (Å²) in [5.74, 6) is 0.180. The highest BCUT2D eigenvalue weighted by Gasteiger charge is 2.15. The molecule has 0 atom stereocenters. The minimum atomic E-state index is -0.163. The Labute approximate surface area is 126 Å². The lowest BCUT2D eigenvalue weighted by molar-refractivity contribution is 0.102. The third-order valence-corrected chi connectivity index (χ3v) is 3.62. The molecular formula is C18H22N2O. The van der Waals surface area contributed by atoms with E-state index < -0.39 is 0 Å². The van der Waals surface area contributed by atoms with E-state index in [1.165, 1.54) is 0 Å². The molecule has 110 valence electrons. The molecule has 0 aliphatic heterocycles. The van der Waals surface area contributed by atoms with E-state index in [0.29, 0.717) is 17.2 Å². The number of hydrogen-bond donors (Lipinski definition) is 2. The monoisotopic (exact) mass is 282 g/mol. The van der Waals surface area contributed by atoms with E-state index in [4.69, 9.17) is 5.73 Å². The van der Waals surface area contributed by atoms with Gasteiger partial charge in [0.25, 0.3) is 5.91 Å². The second-order valence-corrected chi connectivity index (χ2v) is 5.74. The van der Waals surface area contributed by atoms with Gasteiger partial charge in [-0.05, 0) is 48.6 Å². The SMILES string of the molecule is Cc1ccc(C(=O)Nc2c(C)cccc2C(C)C)c(N)c1. The molecule has 0 radical (unpaired) electrons. The van der Waals surface area contributed by atoms with Gasteiger partial charge in [-0.15, -0.1) is 0 Å². The van der Waals surface area contributed by atoms with Crippen LogP contribution < -0.4 is 11.1 Å². The summed E-state index contributed by atoms with van der Waals surface area (Å²) >= 11 is 0. The molecule has 1 amide bonds. The lowest BCUT2D eigenvalue weighted by Crippen LogP contribution is -2.16. The second-order valence-electron chi connectivity index (χ2n) is 5.74. The van der Waals surface area contributed by atoms with Gasteiger partial charge in [-0.1, -0.05) is 38.1 Å². The number of anilines is 2. The first-order chi connectivity index (χ1) is 9.90. The van der Waals surface area contributed by atoms with Crippen LogP contribution in [0.2, 0.25) is 0 Å². The summed E-state index contributed by atoms with van der Waals surface area (Å²) < 4.78 is 0. The predicted molar refractivity (Wildman–Crippen MR) is 88.8 cm³/mol. The Morgan fingerprint density at radius 1 is 1.14 bits per heavy atom. The molecule has 0 saturated carbocycles. The Morgan fingerprint density at radius 3 is 2.48 bits per heavy atom. The molecule has 0 aliphatic carbocycles. The second kappa shape index (κ2) is 6.00. The summed E-state index contributed by atoms with van der Waals surface area (Å²) in [5.41, 5.74) is 11.1. The molecule has 3 nitrogen and oxygen atoms in total. The quantitative estimate of drug-likeness (QED) is 0.826. The van der Waals surface area contributed by atoms with Crippen LogP contribution in [-0.2, 0) is 0 Å². The number of nitrogen functional groups attached to an aromatic ring is 1. The van der Waals surface area contributed by atoms with Crippen molar-refractivity contribution in [2.24, 2.45) is 0 Å². The zero-order valence-electron chi connectivity index (χ0n) is 13.0. The van der Waals surface area contributed by atoms with Gasteiger partial charge in [0.1, 0.15) is 0 Å². The molecule has 21 heavy (non-hydrogen) atoms. The zero-order chi connectivity index (χ0) is 15.6. The van der Waals surface area contributed by atoms with Crippen LogP contribution >= 0.6 is 0 Å². The number of carbonyl (C=O) groups is 1. The van der Waals surface area contributed by atoms with Crippen molar-refractivity contribution in [2.45, 2.75) is 33.6 Å².